The second kappa shape index (κ2) is 5.14. The fraction of sp³-hybridized carbons (Fsp3) is 0.167. The number of benzene rings is 1. The number of carbonyl (C=O) groups excluding carboxylic acids is 1. The van der Waals surface area contributed by atoms with Crippen LogP contribution in [0.1, 0.15) is 16.6 Å². The average molecular weight is 265 g/mol. The molecule has 1 heterocycles. The molecule has 0 unspecified atom stereocenters. The number of hydrogen-bond donors (Lipinski definition) is 2. The number of hydrogen-bond acceptors (Lipinski definition) is 4. The molecule has 0 spiro atoms. The number of nitrogens with one attached hydrogen (secondary N) is 1. The molecule has 1 amide bonds. The van der Waals surface area contributed by atoms with Gasteiger partial charge in [-0.05, 0) is 42.7 Å². The Bertz CT molecular complexity index is 565. The highest BCUT2D eigenvalue weighted by Gasteiger charge is 2.17. The average Bonchev–Trinajstić information content (AvgIpc) is 2.73. The lowest BCUT2D eigenvalue weighted by atomic mass is 10.1. The van der Waals surface area contributed by atoms with Crippen molar-refractivity contribution in [3.63, 3.8) is 0 Å². The first-order valence-electron chi connectivity index (χ1n) is 5.42. The summed E-state index contributed by atoms with van der Waals surface area (Å²) in [6.45, 7) is 2.36. The summed E-state index contributed by atoms with van der Waals surface area (Å²) in [5, 5.41) is 2.67. The molecule has 1 aromatic carbocycles. The van der Waals surface area contributed by atoms with Gasteiger partial charge >= 0.3 is 0 Å². The van der Waals surface area contributed by atoms with Gasteiger partial charge in [0.15, 0.2) is 0 Å². The van der Waals surface area contributed by atoms with E-state index in [2.05, 4.69) is 9.69 Å². The number of rotatable bonds is 3. The monoisotopic (exact) mass is 265 g/mol. The topological polar surface area (TPSA) is 68.0 Å². The minimum atomic E-state index is -0.323. The molecule has 3 N–H and O–H groups in total. The van der Waals surface area contributed by atoms with Crippen LogP contribution >= 0.6 is 11.5 Å². The van der Waals surface area contributed by atoms with E-state index in [4.69, 9.17) is 5.73 Å². The highest BCUT2D eigenvalue weighted by atomic mass is 32.1. The number of nitrogen functional groups attached to an aromatic ring is 1. The molecule has 6 heteroatoms. The van der Waals surface area contributed by atoms with Crippen molar-refractivity contribution in [3.05, 3.63) is 35.0 Å². The van der Waals surface area contributed by atoms with Crippen LogP contribution in [-0.2, 0) is 0 Å². The van der Waals surface area contributed by atoms with Crippen LogP contribution in [0.3, 0.4) is 0 Å². The fourth-order valence-electron chi connectivity index (χ4n) is 1.52. The Hall–Kier alpha value is -1.95. The molecule has 18 heavy (non-hydrogen) atoms. The van der Waals surface area contributed by atoms with Crippen LogP contribution < -0.4 is 11.1 Å². The summed E-state index contributed by atoms with van der Waals surface area (Å²) < 4.78 is 17.0. The van der Waals surface area contributed by atoms with E-state index in [1.807, 2.05) is 6.92 Å². The molecule has 0 saturated heterocycles. The van der Waals surface area contributed by atoms with E-state index in [9.17, 15) is 9.18 Å². The number of nitrogens with zero attached hydrogens (tertiary/aromatic N) is 1. The maximum absolute atomic E-state index is 12.8. The van der Waals surface area contributed by atoms with Crippen LogP contribution in [-0.4, -0.2) is 16.8 Å². The van der Waals surface area contributed by atoms with Crippen LogP contribution in [0.25, 0.3) is 11.3 Å². The van der Waals surface area contributed by atoms with Gasteiger partial charge in [-0.3, -0.25) is 4.79 Å². The molecule has 2 aromatic rings. The standard InChI is InChI=1S/C12H12FN3OS/c1-2-15-12(17)11-9(14)10(16-18-11)7-3-5-8(13)6-4-7/h3-6H,2,14H2,1H3,(H,15,17). The molecular formula is C12H12FN3OS. The second-order valence-corrected chi connectivity index (χ2v) is 4.41. The lowest BCUT2D eigenvalue weighted by molar-refractivity contribution is 0.0960. The molecular weight excluding hydrogens is 253 g/mol. The van der Waals surface area contributed by atoms with Crippen molar-refractivity contribution in [3.8, 4) is 11.3 Å². The van der Waals surface area contributed by atoms with Crippen molar-refractivity contribution in [1.82, 2.24) is 9.69 Å². The third-order valence-electron chi connectivity index (χ3n) is 2.39. The molecule has 0 radical (unpaired) electrons. The molecule has 1 aromatic heterocycles. The molecule has 94 valence electrons. The first-order valence-corrected chi connectivity index (χ1v) is 6.20. The normalized spacial score (nSPS) is 10.3. The molecule has 0 bridgehead atoms. The van der Waals surface area contributed by atoms with Crippen LogP contribution in [0, 0.1) is 5.82 Å². The summed E-state index contributed by atoms with van der Waals surface area (Å²) in [5.41, 5.74) is 7.44. The Morgan fingerprint density at radius 1 is 1.44 bits per heavy atom. The Morgan fingerprint density at radius 3 is 2.72 bits per heavy atom. The van der Waals surface area contributed by atoms with Crippen LogP contribution in [0.2, 0.25) is 0 Å². The molecule has 0 saturated carbocycles. The Kier molecular flexibility index (Phi) is 3.57. The number of halogens is 1. The summed E-state index contributed by atoms with van der Waals surface area (Å²) in [6.07, 6.45) is 0. The van der Waals surface area contributed by atoms with Gasteiger partial charge in [-0.1, -0.05) is 0 Å². The fourth-order valence-corrected chi connectivity index (χ4v) is 2.25. The van der Waals surface area contributed by atoms with Gasteiger partial charge in [-0.25, -0.2) is 4.39 Å². The molecule has 0 fully saturated rings. The lowest BCUT2D eigenvalue weighted by Crippen LogP contribution is -2.22. The second-order valence-electron chi connectivity index (χ2n) is 3.64. The number of amides is 1. The first-order chi connectivity index (χ1) is 8.63. The van der Waals surface area contributed by atoms with Gasteiger partial charge in [-0.15, -0.1) is 0 Å². The Labute approximate surface area is 108 Å². The summed E-state index contributed by atoms with van der Waals surface area (Å²) in [5.74, 6) is -0.558. The van der Waals surface area contributed by atoms with Gasteiger partial charge in [-0.2, -0.15) is 4.37 Å². The number of carbonyl (C=O) groups is 1. The molecule has 0 aliphatic rings. The van der Waals surface area contributed by atoms with E-state index in [0.29, 0.717) is 28.4 Å². The lowest BCUT2D eigenvalue weighted by Gasteiger charge is -2.01. The predicted molar refractivity (Wildman–Crippen MR) is 69.9 cm³/mol. The van der Waals surface area contributed by atoms with Crippen molar-refractivity contribution >= 4 is 23.1 Å². The van der Waals surface area contributed by atoms with Gasteiger partial charge in [0, 0.05) is 12.1 Å². The molecule has 4 nitrogen and oxygen atoms in total. The van der Waals surface area contributed by atoms with Gasteiger partial charge in [0.05, 0.1) is 5.69 Å². The maximum Gasteiger partial charge on any atom is 0.265 e. The van der Waals surface area contributed by atoms with Crippen molar-refractivity contribution in [2.45, 2.75) is 6.92 Å². The minimum Gasteiger partial charge on any atom is -0.396 e. The minimum absolute atomic E-state index is 0.235. The smallest absolute Gasteiger partial charge is 0.265 e. The Balaban J connectivity index is 2.36. The highest BCUT2D eigenvalue weighted by molar-refractivity contribution is 7.09. The van der Waals surface area contributed by atoms with E-state index < -0.39 is 0 Å². The van der Waals surface area contributed by atoms with Crippen molar-refractivity contribution in [2.75, 3.05) is 12.3 Å². The van der Waals surface area contributed by atoms with Gasteiger partial charge in [0.1, 0.15) is 16.4 Å². The third-order valence-corrected chi connectivity index (χ3v) is 3.25. The van der Waals surface area contributed by atoms with Gasteiger partial charge in [0.25, 0.3) is 5.91 Å². The third kappa shape index (κ3) is 2.33. The van der Waals surface area contributed by atoms with E-state index >= 15 is 0 Å². The first kappa shape index (κ1) is 12.5. The summed E-state index contributed by atoms with van der Waals surface area (Å²) >= 11 is 1.04. The van der Waals surface area contributed by atoms with E-state index in [1.165, 1.54) is 12.1 Å². The van der Waals surface area contributed by atoms with Crippen LogP contribution in [0.4, 0.5) is 10.1 Å². The zero-order chi connectivity index (χ0) is 13.1. The highest BCUT2D eigenvalue weighted by Crippen LogP contribution is 2.30. The van der Waals surface area contributed by atoms with Crippen molar-refractivity contribution < 1.29 is 9.18 Å². The van der Waals surface area contributed by atoms with E-state index in [-0.39, 0.29) is 11.7 Å². The van der Waals surface area contributed by atoms with Gasteiger partial charge in [0.2, 0.25) is 0 Å². The predicted octanol–water partition coefficient (Wildman–Crippen LogP) is 2.28. The van der Waals surface area contributed by atoms with E-state index in [1.54, 1.807) is 12.1 Å². The zero-order valence-corrected chi connectivity index (χ0v) is 10.6. The van der Waals surface area contributed by atoms with Crippen LogP contribution in [0.5, 0.6) is 0 Å². The molecule has 0 atom stereocenters. The van der Waals surface area contributed by atoms with Gasteiger partial charge < -0.3 is 11.1 Å². The Morgan fingerprint density at radius 2 is 2.11 bits per heavy atom. The summed E-state index contributed by atoms with van der Waals surface area (Å²) in [7, 11) is 0. The van der Waals surface area contributed by atoms with Crippen LogP contribution in [0.15, 0.2) is 24.3 Å². The van der Waals surface area contributed by atoms with Crippen molar-refractivity contribution in [1.29, 1.82) is 0 Å². The number of anilines is 1. The summed E-state index contributed by atoms with van der Waals surface area (Å²) in [4.78, 5) is 12.1. The van der Waals surface area contributed by atoms with E-state index in [0.717, 1.165) is 11.5 Å². The molecule has 2 rings (SSSR count). The largest absolute Gasteiger partial charge is 0.396 e. The number of aromatic nitrogens is 1. The van der Waals surface area contributed by atoms with Crippen molar-refractivity contribution in [2.24, 2.45) is 0 Å². The number of nitrogens with two attached hydrogens (primary N) is 1. The molecule has 0 aliphatic carbocycles. The zero-order valence-electron chi connectivity index (χ0n) is 9.74. The molecule has 0 aliphatic heterocycles. The maximum atomic E-state index is 12.8. The SMILES string of the molecule is CCNC(=O)c1snc(-c2ccc(F)cc2)c1N. The quantitative estimate of drug-likeness (QED) is 0.894. The summed E-state index contributed by atoms with van der Waals surface area (Å²) in [6, 6.07) is 5.84.